The largest absolute Gasteiger partial charge is 0.497 e. The summed E-state index contributed by atoms with van der Waals surface area (Å²) in [6.45, 7) is 2.02. The molecule has 154 valence electrons. The highest BCUT2D eigenvalue weighted by Gasteiger charge is 2.35. The molecule has 1 atom stereocenters. The molecular formula is C20H24N4O4S. The van der Waals surface area contributed by atoms with E-state index in [2.05, 4.69) is 4.98 Å². The predicted octanol–water partition coefficient (Wildman–Crippen LogP) is 2.26. The standard InChI is InChI=1S/C20H24N4O4S/c1-27-13-12-24-19(22-18-4-3-10-21-20(18)24)15-9-11-23(14-15)29(25,26)17-7-5-16(28-2)6-8-17/h3-8,10,15H,9,11-14H2,1-2H3. The average molecular weight is 417 g/mol. The van der Waals surface area contributed by atoms with Crippen molar-refractivity contribution >= 4 is 21.2 Å². The fraction of sp³-hybridized carbons (Fsp3) is 0.400. The lowest BCUT2D eigenvalue weighted by molar-refractivity contribution is 0.187. The Labute approximate surface area is 170 Å². The molecule has 0 aliphatic carbocycles. The molecule has 2 aromatic heterocycles. The maximum Gasteiger partial charge on any atom is 0.243 e. The summed E-state index contributed by atoms with van der Waals surface area (Å²) in [4.78, 5) is 9.50. The molecule has 1 aromatic carbocycles. The maximum absolute atomic E-state index is 13.1. The van der Waals surface area contributed by atoms with Crippen LogP contribution in [0.2, 0.25) is 0 Å². The summed E-state index contributed by atoms with van der Waals surface area (Å²) in [5.74, 6) is 1.50. The zero-order valence-corrected chi connectivity index (χ0v) is 17.3. The molecule has 0 N–H and O–H groups in total. The van der Waals surface area contributed by atoms with Crippen LogP contribution in [0.4, 0.5) is 0 Å². The van der Waals surface area contributed by atoms with Crippen LogP contribution >= 0.6 is 0 Å². The van der Waals surface area contributed by atoms with Crippen molar-refractivity contribution in [3.05, 3.63) is 48.4 Å². The molecule has 1 aliphatic rings. The molecule has 0 saturated carbocycles. The summed E-state index contributed by atoms with van der Waals surface area (Å²) >= 11 is 0. The third-order valence-electron chi connectivity index (χ3n) is 5.27. The smallest absolute Gasteiger partial charge is 0.243 e. The topological polar surface area (TPSA) is 86.5 Å². The second-order valence-electron chi connectivity index (χ2n) is 6.98. The number of sulfonamides is 1. The Kier molecular flexibility index (Phi) is 5.53. The van der Waals surface area contributed by atoms with Gasteiger partial charge in [0.1, 0.15) is 17.1 Å². The highest BCUT2D eigenvalue weighted by molar-refractivity contribution is 7.89. The fourth-order valence-electron chi connectivity index (χ4n) is 3.74. The van der Waals surface area contributed by atoms with Gasteiger partial charge >= 0.3 is 0 Å². The zero-order valence-electron chi connectivity index (χ0n) is 16.5. The first-order valence-corrected chi connectivity index (χ1v) is 10.9. The second-order valence-corrected chi connectivity index (χ2v) is 8.92. The molecule has 9 heteroatoms. The molecule has 4 rings (SSSR count). The number of nitrogens with zero attached hydrogens (tertiary/aromatic N) is 4. The predicted molar refractivity (Wildman–Crippen MR) is 109 cm³/mol. The van der Waals surface area contributed by atoms with Crippen LogP contribution in [0.1, 0.15) is 18.2 Å². The maximum atomic E-state index is 13.1. The number of hydrogen-bond acceptors (Lipinski definition) is 6. The summed E-state index contributed by atoms with van der Waals surface area (Å²) in [6, 6.07) is 10.3. The van der Waals surface area contributed by atoms with Gasteiger partial charge in [-0.3, -0.25) is 0 Å². The molecule has 3 aromatic rings. The van der Waals surface area contributed by atoms with E-state index in [4.69, 9.17) is 14.5 Å². The van der Waals surface area contributed by atoms with Crippen LogP contribution < -0.4 is 4.74 Å². The van der Waals surface area contributed by atoms with Gasteiger partial charge in [0.2, 0.25) is 10.0 Å². The SMILES string of the molecule is COCCn1c(C2CCN(S(=O)(=O)c3ccc(OC)cc3)C2)nc2cccnc21. The van der Waals surface area contributed by atoms with Crippen molar-refractivity contribution in [3.8, 4) is 5.75 Å². The third-order valence-corrected chi connectivity index (χ3v) is 7.15. The number of pyridine rings is 1. The molecule has 1 unspecified atom stereocenters. The van der Waals surface area contributed by atoms with Crippen LogP contribution in [0.3, 0.4) is 0 Å². The van der Waals surface area contributed by atoms with E-state index in [1.807, 2.05) is 16.7 Å². The quantitative estimate of drug-likeness (QED) is 0.587. The van der Waals surface area contributed by atoms with E-state index in [0.717, 1.165) is 17.0 Å². The molecule has 0 spiro atoms. The van der Waals surface area contributed by atoms with Gasteiger partial charge < -0.3 is 14.0 Å². The first kappa shape index (κ1) is 19.8. The normalized spacial score (nSPS) is 17.8. The van der Waals surface area contributed by atoms with Gasteiger partial charge in [0.15, 0.2) is 5.65 Å². The first-order chi connectivity index (χ1) is 14.0. The number of benzene rings is 1. The van der Waals surface area contributed by atoms with E-state index in [-0.39, 0.29) is 10.8 Å². The van der Waals surface area contributed by atoms with Gasteiger partial charge in [0.05, 0.1) is 18.6 Å². The Balaban J connectivity index is 1.61. The lowest BCUT2D eigenvalue weighted by Crippen LogP contribution is -2.29. The van der Waals surface area contributed by atoms with E-state index in [1.54, 1.807) is 44.7 Å². The minimum absolute atomic E-state index is 0.00841. The van der Waals surface area contributed by atoms with Crippen LogP contribution in [-0.4, -0.2) is 61.2 Å². The van der Waals surface area contributed by atoms with Crippen LogP contribution in [0.5, 0.6) is 5.75 Å². The number of rotatable bonds is 7. The fourth-order valence-corrected chi connectivity index (χ4v) is 5.24. The van der Waals surface area contributed by atoms with Crippen molar-refractivity contribution in [2.24, 2.45) is 0 Å². The summed E-state index contributed by atoms with van der Waals surface area (Å²) in [7, 11) is -0.352. The van der Waals surface area contributed by atoms with Crippen molar-refractivity contribution in [1.82, 2.24) is 18.8 Å². The van der Waals surface area contributed by atoms with Crippen molar-refractivity contribution in [3.63, 3.8) is 0 Å². The zero-order chi connectivity index (χ0) is 20.4. The van der Waals surface area contributed by atoms with E-state index in [9.17, 15) is 8.42 Å². The summed E-state index contributed by atoms with van der Waals surface area (Å²) in [6.07, 6.45) is 2.46. The van der Waals surface area contributed by atoms with Gasteiger partial charge in [-0.1, -0.05) is 0 Å². The first-order valence-electron chi connectivity index (χ1n) is 9.49. The minimum atomic E-state index is -3.56. The molecular weight excluding hydrogens is 392 g/mol. The van der Waals surface area contributed by atoms with Crippen molar-refractivity contribution in [2.45, 2.75) is 23.8 Å². The highest BCUT2D eigenvalue weighted by Crippen LogP contribution is 2.32. The van der Waals surface area contributed by atoms with E-state index < -0.39 is 10.0 Å². The Hall–Kier alpha value is -2.49. The molecule has 1 saturated heterocycles. The summed E-state index contributed by atoms with van der Waals surface area (Å²) in [5, 5.41) is 0. The number of methoxy groups -OCH3 is 2. The molecule has 1 fully saturated rings. The van der Waals surface area contributed by atoms with Crippen LogP contribution in [-0.2, 0) is 21.3 Å². The van der Waals surface area contributed by atoms with Crippen LogP contribution in [0.15, 0.2) is 47.5 Å². The molecule has 8 nitrogen and oxygen atoms in total. The van der Waals surface area contributed by atoms with Crippen LogP contribution in [0, 0.1) is 0 Å². The average Bonchev–Trinajstić information content (AvgIpc) is 3.37. The number of aromatic nitrogens is 3. The molecule has 1 aliphatic heterocycles. The Bertz CT molecular complexity index is 1100. The lowest BCUT2D eigenvalue weighted by atomic mass is 10.1. The molecule has 0 bridgehead atoms. The number of ether oxygens (including phenoxy) is 2. The van der Waals surface area contributed by atoms with Crippen molar-refractivity contribution in [1.29, 1.82) is 0 Å². The van der Waals surface area contributed by atoms with Gasteiger partial charge in [-0.05, 0) is 42.8 Å². The van der Waals surface area contributed by atoms with E-state index in [0.29, 0.717) is 38.4 Å². The molecule has 3 heterocycles. The Morgan fingerprint density at radius 2 is 1.97 bits per heavy atom. The summed E-state index contributed by atoms with van der Waals surface area (Å²) in [5.41, 5.74) is 1.62. The Morgan fingerprint density at radius 3 is 2.69 bits per heavy atom. The number of imidazole rings is 1. The molecule has 29 heavy (non-hydrogen) atoms. The van der Waals surface area contributed by atoms with E-state index in [1.165, 1.54) is 4.31 Å². The minimum Gasteiger partial charge on any atom is -0.497 e. The molecule has 0 amide bonds. The van der Waals surface area contributed by atoms with E-state index >= 15 is 0 Å². The second kappa shape index (κ2) is 8.10. The van der Waals surface area contributed by atoms with Crippen molar-refractivity contribution in [2.75, 3.05) is 33.9 Å². The molecule has 0 radical (unpaired) electrons. The van der Waals surface area contributed by atoms with Gasteiger partial charge in [-0.15, -0.1) is 0 Å². The number of hydrogen-bond donors (Lipinski definition) is 0. The van der Waals surface area contributed by atoms with Gasteiger partial charge in [0, 0.05) is 38.9 Å². The van der Waals surface area contributed by atoms with Crippen molar-refractivity contribution < 1.29 is 17.9 Å². The highest BCUT2D eigenvalue weighted by atomic mass is 32.2. The van der Waals surface area contributed by atoms with Gasteiger partial charge in [-0.25, -0.2) is 18.4 Å². The third kappa shape index (κ3) is 3.73. The summed E-state index contributed by atoms with van der Waals surface area (Å²) < 4.78 is 40.1. The Morgan fingerprint density at radius 1 is 1.17 bits per heavy atom. The number of fused-ring (bicyclic) bond motifs is 1. The van der Waals surface area contributed by atoms with Crippen LogP contribution in [0.25, 0.3) is 11.2 Å². The van der Waals surface area contributed by atoms with Gasteiger partial charge in [0.25, 0.3) is 0 Å². The van der Waals surface area contributed by atoms with Gasteiger partial charge in [-0.2, -0.15) is 4.31 Å². The monoisotopic (exact) mass is 416 g/mol. The lowest BCUT2D eigenvalue weighted by Gasteiger charge is -2.17.